The lowest BCUT2D eigenvalue weighted by Crippen LogP contribution is -2.55. The van der Waals surface area contributed by atoms with Gasteiger partial charge in [-0.15, -0.1) is 0 Å². The van der Waals surface area contributed by atoms with E-state index in [2.05, 4.69) is 15.6 Å². The number of carbonyl (C=O) groups excluding carboxylic acids is 2. The summed E-state index contributed by atoms with van der Waals surface area (Å²) in [5, 5.41) is 16.8. The molecule has 0 aliphatic heterocycles. The van der Waals surface area contributed by atoms with E-state index in [0.717, 1.165) is 18.3 Å². The first-order valence-electron chi connectivity index (χ1n) is 12.3. The number of nitrogens with zero attached hydrogens (tertiary/aromatic N) is 2. The molecule has 0 saturated heterocycles. The largest absolute Gasteiger partial charge is 0.444 e. The monoisotopic (exact) mass is 516 g/mol. The van der Waals surface area contributed by atoms with Gasteiger partial charge in [-0.3, -0.25) is 4.79 Å². The number of anilines is 1. The second kappa shape index (κ2) is 11.2. The molecule has 2 rings (SSSR count). The predicted octanol–water partition coefficient (Wildman–Crippen LogP) is 4.59. The summed E-state index contributed by atoms with van der Waals surface area (Å²) in [6, 6.07) is 1.48. The van der Waals surface area contributed by atoms with Crippen molar-refractivity contribution < 1.29 is 32.6 Å². The lowest BCUT2D eigenvalue weighted by molar-refractivity contribution is -0.157. The Bertz CT molecular complexity index is 912. The van der Waals surface area contributed by atoms with Crippen LogP contribution in [0.2, 0.25) is 0 Å². The van der Waals surface area contributed by atoms with Crippen LogP contribution in [0.1, 0.15) is 72.8 Å². The highest BCUT2D eigenvalue weighted by atomic mass is 19.4. The highest BCUT2D eigenvalue weighted by Gasteiger charge is 2.56. The lowest BCUT2D eigenvalue weighted by atomic mass is 9.70. The molecule has 0 unspecified atom stereocenters. The molecule has 1 aromatic heterocycles. The second-order valence-corrected chi connectivity index (χ2v) is 10.9. The van der Waals surface area contributed by atoms with Crippen LogP contribution in [-0.4, -0.2) is 63.9 Å². The molecule has 1 heterocycles. The van der Waals surface area contributed by atoms with Crippen molar-refractivity contribution in [2.75, 3.05) is 25.0 Å². The zero-order chi connectivity index (χ0) is 27.4. The third-order valence-corrected chi connectivity index (χ3v) is 6.37. The number of aromatic nitrogens is 1. The molecule has 1 aromatic rings. The van der Waals surface area contributed by atoms with Crippen LogP contribution in [-0.2, 0) is 15.7 Å². The summed E-state index contributed by atoms with van der Waals surface area (Å²) in [6.45, 7) is 11.2. The molecule has 0 radical (unpaired) electrons. The number of alkyl halides is 3. The number of nitrogens with one attached hydrogen (secondary N) is 2. The maximum Gasteiger partial charge on any atom is 0.416 e. The third kappa shape index (κ3) is 7.72. The highest BCUT2D eigenvalue weighted by Crippen LogP contribution is 2.48. The number of alkyl carbamates (subject to hydrolysis) is 1. The highest BCUT2D eigenvalue weighted by molar-refractivity contribution is 5.85. The quantitative estimate of drug-likeness (QED) is 0.444. The van der Waals surface area contributed by atoms with E-state index >= 15 is 0 Å². The van der Waals surface area contributed by atoms with E-state index < -0.39 is 34.5 Å². The van der Waals surface area contributed by atoms with Crippen LogP contribution < -0.4 is 10.6 Å². The van der Waals surface area contributed by atoms with Gasteiger partial charge in [0.05, 0.1) is 16.6 Å². The maximum atomic E-state index is 13.8. The number of amides is 2. The topological polar surface area (TPSA) is 104 Å². The van der Waals surface area contributed by atoms with Crippen LogP contribution in [0.3, 0.4) is 0 Å². The van der Waals surface area contributed by atoms with Gasteiger partial charge in [0.15, 0.2) is 0 Å². The van der Waals surface area contributed by atoms with Gasteiger partial charge in [0.25, 0.3) is 0 Å². The number of pyridine rings is 1. The minimum absolute atomic E-state index is 0.0633. The van der Waals surface area contributed by atoms with E-state index in [0.29, 0.717) is 25.8 Å². The average Bonchev–Trinajstić information content (AvgIpc) is 3.16. The summed E-state index contributed by atoms with van der Waals surface area (Å²) in [6.07, 6.45) is -2.18. The van der Waals surface area contributed by atoms with Crippen LogP contribution >= 0.6 is 0 Å². The molecule has 2 amide bonds. The Morgan fingerprint density at radius 1 is 1.22 bits per heavy atom. The lowest BCUT2D eigenvalue weighted by Gasteiger charge is -2.42. The van der Waals surface area contributed by atoms with Crippen molar-refractivity contribution in [2.24, 2.45) is 5.41 Å². The minimum Gasteiger partial charge on any atom is -0.444 e. The number of aliphatic hydroxyl groups is 1. The summed E-state index contributed by atoms with van der Waals surface area (Å²) < 4.78 is 44.3. The summed E-state index contributed by atoms with van der Waals surface area (Å²) in [5.74, 6) is -0.183. The fourth-order valence-electron chi connectivity index (χ4n) is 4.56. The van der Waals surface area contributed by atoms with Gasteiger partial charge >= 0.3 is 12.3 Å². The zero-order valence-corrected chi connectivity index (χ0v) is 22.0. The molecule has 1 aliphatic carbocycles. The van der Waals surface area contributed by atoms with Crippen LogP contribution in [0.25, 0.3) is 0 Å². The molecular weight excluding hydrogens is 477 g/mol. The van der Waals surface area contributed by atoms with Gasteiger partial charge in [0.1, 0.15) is 11.4 Å². The summed E-state index contributed by atoms with van der Waals surface area (Å²) in [5.41, 5.74) is -3.96. The molecule has 0 spiro atoms. The fraction of sp³-hybridized carbons (Fsp3) is 0.720. The first-order valence-corrected chi connectivity index (χ1v) is 12.3. The smallest absolute Gasteiger partial charge is 0.416 e. The van der Waals surface area contributed by atoms with Gasteiger partial charge in [0, 0.05) is 31.9 Å². The van der Waals surface area contributed by atoms with Gasteiger partial charge in [-0.05, 0) is 72.4 Å². The van der Waals surface area contributed by atoms with Crippen molar-refractivity contribution in [3.8, 4) is 0 Å². The molecule has 8 nitrogen and oxygen atoms in total. The molecule has 1 aliphatic rings. The number of ether oxygens (including phenoxy) is 1. The second-order valence-electron chi connectivity index (χ2n) is 10.9. The van der Waals surface area contributed by atoms with Crippen LogP contribution in [0.15, 0.2) is 18.3 Å². The standard InChI is InChI=1S/C25H39F3N4O4/c1-7-13-32(14-12-30-19-15-17(9-11-29-19)25(26,27)28)20(33)24(23(5,6)35)10-8-18(16-24)31-21(34)36-22(2,3)4/h9,11,15,18,35H,7-8,10,12-14,16H2,1-6H3,(H,29,30)(H,31,34)/t18-,24-/m1/s1. The molecule has 3 N–H and O–H groups in total. The Hall–Kier alpha value is -2.56. The van der Waals surface area contributed by atoms with Gasteiger partial charge in [-0.2, -0.15) is 13.2 Å². The van der Waals surface area contributed by atoms with E-state index in [1.165, 1.54) is 0 Å². The fourth-order valence-corrected chi connectivity index (χ4v) is 4.56. The number of hydrogen-bond donors (Lipinski definition) is 3. The Morgan fingerprint density at radius 3 is 2.44 bits per heavy atom. The van der Waals surface area contributed by atoms with Crippen molar-refractivity contribution >= 4 is 17.8 Å². The Kier molecular flexibility index (Phi) is 9.25. The van der Waals surface area contributed by atoms with Gasteiger partial charge in [-0.1, -0.05) is 6.92 Å². The van der Waals surface area contributed by atoms with E-state index in [-0.39, 0.29) is 37.3 Å². The van der Waals surface area contributed by atoms with Crippen molar-refractivity contribution in [3.05, 3.63) is 23.9 Å². The molecule has 11 heteroatoms. The van der Waals surface area contributed by atoms with E-state index in [9.17, 15) is 27.9 Å². The zero-order valence-electron chi connectivity index (χ0n) is 22.0. The number of halogens is 3. The summed E-state index contributed by atoms with van der Waals surface area (Å²) in [4.78, 5) is 31.6. The first kappa shape index (κ1) is 29.7. The molecule has 2 atom stereocenters. The van der Waals surface area contributed by atoms with E-state index in [1.807, 2.05) is 6.92 Å². The number of rotatable bonds is 9. The Labute approximate surface area is 211 Å². The molecular formula is C25H39F3N4O4. The van der Waals surface area contributed by atoms with E-state index in [4.69, 9.17) is 4.74 Å². The summed E-state index contributed by atoms with van der Waals surface area (Å²) >= 11 is 0. The van der Waals surface area contributed by atoms with Gasteiger partial charge < -0.3 is 25.4 Å². The van der Waals surface area contributed by atoms with Gasteiger partial charge in [-0.25, -0.2) is 9.78 Å². The maximum absolute atomic E-state index is 13.8. The Balaban J connectivity index is 2.12. The average molecular weight is 517 g/mol. The van der Waals surface area contributed by atoms with Crippen molar-refractivity contribution in [2.45, 2.75) is 90.6 Å². The minimum atomic E-state index is -4.48. The number of hydrogen-bond acceptors (Lipinski definition) is 6. The number of carbonyl (C=O) groups is 2. The summed E-state index contributed by atoms with van der Waals surface area (Å²) in [7, 11) is 0. The van der Waals surface area contributed by atoms with Crippen LogP contribution in [0, 0.1) is 5.41 Å². The predicted molar refractivity (Wildman–Crippen MR) is 130 cm³/mol. The van der Waals surface area contributed by atoms with Crippen LogP contribution in [0.5, 0.6) is 0 Å². The van der Waals surface area contributed by atoms with Crippen molar-refractivity contribution in [1.29, 1.82) is 0 Å². The molecule has 36 heavy (non-hydrogen) atoms. The normalized spacial score (nSPS) is 20.7. The molecule has 1 fully saturated rings. The van der Waals surface area contributed by atoms with Crippen molar-refractivity contribution in [1.82, 2.24) is 15.2 Å². The first-order chi connectivity index (χ1) is 16.5. The van der Waals surface area contributed by atoms with Crippen LogP contribution in [0.4, 0.5) is 23.8 Å². The molecule has 204 valence electrons. The van der Waals surface area contributed by atoms with Crippen molar-refractivity contribution in [3.63, 3.8) is 0 Å². The van der Waals surface area contributed by atoms with Gasteiger partial charge in [0.2, 0.25) is 5.91 Å². The molecule has 0 aromatic carbocycles. The third-order valence-electron chi connectivity index (χ3n) is 6.37. The molecule has 1 saturated carbocycles. The SMILES string of the molecule is CCCN(CCNc1cc(C(F)(F)F)ccn1)C(=O)[C@@]1(C(C)(C)O)CC[C@@H](NC(=O)OC(C)(C)C)C1. The van der Waals surface area contributed by atoms with E-state index in [1.54, 1.807) is 39.5 Å². The molecule has 0 bridgehead atoms. The Morgan fingerprint density at radius 2 is 1.89 bits per heavy atom.